The van der Waals surface area contributed by atoms with E-state index in [4.69, 9.17) is 0 Å². The van der Waals surface area contributed by atoms with Crippen LogP contribution in [0.25, 0.3) is 0 Å². The molecule has 4 heterocycles. The molecule has 0 atom stereocenters. The molecule has 4 rings (SSSR count). The van der Waals surface area contributed by atoms with Crippen LogP contribution in [-0.4, -0.2) is 140 Å². The molecule has 276 valence electrons. The highest BCUT2D eigenvalue weighted by Crippen LogP contribution is 2.12. The van der Waals surface area contributed by atoms with Crippen LogP contribution >= 0.6 is 0 Å². The Labute approximate surface area is 293 Å². The van der Waals surface area contributed by atoms with Gasteiger partial charge in [0.25, 0.3) is 34.4 Å². The number of amides is 3. The van der Waals surface area contributed by atoms with E-state index >= 15 is 0 Å². The summed E-state index contributed by atoms with van der Waals surface area (Å²) < 4.78 is 3.52. The zero-order valence-electron chi connectivity index (χ0n) is 28.9. The van der Waals surface area contributed by atoms with Crippen LogP contribution in [0, 0.1) is 0 Å². The maximum absolute atomic E-state index is 12.7. The number of carbonyl (C=O) groups is 3. The van der Waals surface area contributed by atoms with Gasteiger partial charge >= 0.3 is 0 Å². The molecule has 0 saturated carbocycles. The van der Waals surface area contributed by atoms with Gasteiger partial charge in [-0.25, -0.2) is 0 Å². The van der Waals surface area contributed by atoms with Crippen molar-refractivity contribution < 1.29 is 29.7 Å². The number of hydrogen-bond donors (Lipinski definition) is 6. The van der Waals surface area contributed by atoms with E-state index in [-0.39, 0.29) is 36.3 Å². The fourth-order valence-corrected chi connectivity index (χ4v) is 5.52. The molecule has 3 aromatic heterocycles. The van der Waals surface area contributed by atoms with E-state index in [1.807, 2.05) is 0 Å². The minimum atomic E-state index is -0.676. The molecular weight excluding hydrogens is 666 g/mol. The van der Waals surface area contributed by atoms with Crippen LogP contribution in [-0.2, 0) is 21.1 Å². The average Bonchev–Trinajstić information content (AvgIpc) is 3.19. The van der Waals surface area contributed by atoms with Gasteiger partial charge in [-0.15, -0.1) is 0 Å². The van der Waals surface area contributed by atoms with Gasteiger partial charge in [0.1, 0.15) is 0 Å². The van der Waals surface area contributed by atoms with Gasteiger partial charge < -0.3 is 45.0 Å². The van der Waals surface area contributed by atoms with Gasteiger partial charge in [-0.05, 0) is 18.2 Å². The quantitative estimate of drug-likeness (QED) is 0.114. The van der Waals surface area contributed by atoms with Gasteiger partial charge in [-0.1, -0.05) is 0 Å². The molecule has 0 spiro atoms. The van der Waals surface area contributed by atoms with Crippen LogP contribution in [0.3, 0.4) is 0 Å². The number of rotatable bonds is 12. The largest absolute Gasteiger partial charge is 0.502 e. The minimum Gasteiger partial charge on any atom is -0.502 e. The lowest BCUT2D eigenvalue weighted by molar-refractivity contribution is 0.0932. The van der Waals surface area contributed by atoms with E-state index in [9.17, 15) is 44.1 Å². The van der Waals surface area contributed by atoms with Crippen molar-refractivity contribution in [3.63, 3.8) is 0 Å². The smallest absolute Gasteiger partial charge is 0.293 e. The third-order valence-electron chi connectivity index (χ3n) is 8.80. The summed E-state index contributed by atoms with van der Waals surface area (Å²) in [6.45, 7) is 5.76. The Morgan fingerprint density at radius 2 is 0.745 bits per heavy atom. The van der Waals surface area contributed by atoms with Crippen molar-refractivity contribution in [1.82, 2.24) is 44.4 Å². The monoisotopic (exact) mass is 711 g/mol. The van der Waals surface area contributed by atoms with Gasteiger partial charge in [-0.3, -0.25) is 43.5 Å². The van der Waals surface area contributed by atoms with Crippen molar-refractivity contribution in [2.75, 3.05) is 78.5 Å². The van der Waals surface area contributed by atoms with Gasteiger partial charge in [0.2, 0.25) is 0 Å². The Balaban J connectivity index is 1.37. The first-order valence-corrected chi connectivity index (χ1v) is 16.5. The van der Waals surface area contributed by atoms with Gasteiger partial charge in [0, 0.05) is 118 Å². The number of aryl methyl sites for hydroxylation is 3. The van der Waals surface area contributed by atoms with Gasteiger partial charge in [-0.2, -0.15) is 0 Å². The normalized spacial score (nSPS) is 14.6. The first kappa shape index (κ1) is 38.3. The highest BCUT2D eigenvalue weighted by Gasteiger charge is 2.20. The molecule has 6 N–H and O–H groups in total. The zero-order valence-corrected chi connectivity index (χ0v) is 28.9. The lowest BCUT2D eigenvalue weighted by atomic mass is 10.2. The standard InChI is InChI=1S/C33H45N9O9/c1-37-10-4-22(25(43)31(37)49)28(46)34-7-13-40-16-18-41(14-8-35-29(47)23-5-11-38(2)32(50)26(23)44)20-21-42(19-17-40)15-9-36-30(48)24-6-12-39(3)33(51)27(24)45/h4-6,10-12,43-45H,7-9,13-21H2,1-3H3,(H,34,46)(H,35,47)(H,36,48). The van der Waals surface area contributed by atoms with E-state index < -0.39 is 51.6 Å². The van der Waals surface area contributed by atoms with Crippen LogP contribution < -0.4 is 32.6 Å². The number of aromatic nitrogens is 3. The molecule has 1 saturated heterocycles. The SMILES string of the molecule is Cn1ccc(C(=O)NCCN2CCN(CCNC(=O)c3ccn(C)c(=O)c3O)CCN(CCNC(=O)c3ccn(C)c(=O)c3O)CC2)c(O)c1=O. The second kappa shape index (κ2) is 17.5. The summed E-state index contributed by atoms with van der Waals surface area (Å²) in [5, 5.41) is 38.7. The highest BCUT2D eigenvalue weighted by molar-refractivity contribution is 5.97. The lowest BCUT2D eigenvalue weighted by Gasteiger charge is -2.26. The molecule has 1 fully saturated rings. The molecule has 0 aliphatic carbocycles. The fraction of sp³-hybridized carbons (Fsp3) is 0.455. The molecule has 0 bridgehead atoms. The Morgan fingerprint density at radius 3 is 0.980 bits per heavy atom. The van der Waals surface area contributed by atoms with E-state index in [0.29, 0.717) is 58.9 Å². The zero-order chi connectivity index (χ0) is 37.2. The van der Waals surface area contributed by atoms with Crippen LogP contribution in [0.4, 0.5) is 0 Å². The second-order valence-electron chi connectivity index (χ2n) is 12.3. The van der Waals surface area contributed by atoms with Crippen LogP contribution in [0.15, 0.2) is 51.2 Å². The maximum atomic E-state index is 12.7. The molecule has 1 aliphatic rings. The number of hydrogen-bond acceptors (Lipinski definition) is 12. The number of pyridine rings is 3. The molecule has 18 nitrogen and oxygen atoms in total. The first-order chi connectivity index (χ1) is 24.3. The van der Waals surface area contributed by atoms with E-state index in [2.05, 4.69) is 30.7 Å². The molecule has 0 radical (unpaired) electrons. The van der Waals surface area contributed by atoms with Crippen molar-refractivity contribution >= 4 is 17.7 Å². The summed E-state index contributed by atoms with van der Waals surface area (Å²) in [5.41, 5.74) is -2.37. The van der Waals surface area contributed by atoms with E-state index in [1.165, 1.54) is 71.6 Å². The van der Waals surface area contributed by atoms with E-state index in [1.54, 1.807) is 0 Å². The molecule has 1 aliphatic heterocycles. The van der Waals surface area contributed by atoms with E-state index in [0.717, 1.165) is 0 Å². The Bertz CT molecular complexity index is 1690. The number of nitrogens with zero attached hydrogens (tertiary/aromatic N) is 6. The fourth-order valence-electron chi connectivity index (χ4n) is 5.52. The predicted molar refractivity (Wildman–Crippen MR) is 186 cm³/mol. The Hall–Kier alpha value is -5.46. The second-order valence-corrected chi connectivity index (χ2v) is 12.3. The summed E-state index contributed by atoms with van der Waals surface area (Å²) in [7, 11) is 4.41. The van der Waals surface area contributed by atoms with Crippen molar-refractivity contribution in [3.05, 3.63) is 84.5 Å². The molecule has 0 aromatic carbocycles. The third kappa shape index (κ3) is 9.83. The molecule has 0 unspecified atom stereocenters. The maximum Gasteiger partial charge on any atom is 0.293 e. The van der Waals surface area contributed by atoms with Crippen LogP contribution in [0.2, 0.25) is 0 Å². The van der Waals surface area contributed by atoms with Crippen molar-refractivity contribution in [2.45, 2.75) is 0 Å². The first-order valence-electron chi connectivity index (χ1n) is 16.5. The molecule has 51 heavy (non-hydrogen) atoms. The molecule has 18 heteroatoms. The highest BCUT2D eigenvalue weighted by atomic mass is 16.3. The minimum absolute atomic E-state index is 0.114. The lowest BCUT2D eigenvalue weighted by Crippen LogP contribution is -2.42. The third-order valence-corrected chi connectivity index (χ3v) is 8.80. The van der Waals surface area contributed by atoms with Gasteiger partial charge in [0.05, 0.1) is 16.7 Å². The topological polar surface area (TPSA) is 224 Å². The average molecular weight is 712 g/mol. The summed E-state index contributed by atoms with van der Waals surface area (Å²) in [5.74, 6) is -3.60. The van der Waals surface area contributed by atoms with Crippen molar-refractivity contribution in [3.8, 4) is 17.2 Å². The van der Waals surface area contributed by atoms with Crippen molar-refractivity contribution in [1.29, 1.82) is 0 Å². The number of nitrogens with one attached hydrogen (secondary N) is 3. The summed E-state index contributed by atoms with van der Waals surface area (Å²) in [6.07, 6.45) is 4.21. The Morgan fingerprint density at radius 1 is 0.510 bits per heavy atom. The summed E-state index contributed by atoms with van der Waals surface area (Å²) in [4.78, 5) is 80.7. The number of carbonyl (C=O) groups excluding carboxylic acids is 3. The summed E-state index contributed by atoms with van der Waals surface area (Å²) >= 11 is 0. The van der Waals surface area contributed by atoms with Crippen molar-refractivity contribution in [2.24, 2.45) is 21.1 Å². The van der Waals surface area contributed by atoms with Gasteiger partial charge in [0.15, 0.2) is 17.2 Å². The van der Waals surface area contributed by atoms with Crippen LogP contribution in [0.1, 0.15) is 31.1 Å². The van der Waals surface area contributed by atoms with Crippen LogP contribution in [0.5, 0.6) is 17.2 Å². The number of aromatic hydroxyl groups is 3. The molecule has 3 amide bonds. The summed E-state index contributed by atoms with van der Waals surface area (Å²) in [6, 6.07) is 4.12. The Kier molecular flexibility index (Phi) is 13.1. The predicted octanol–water partition coefficient (Wildman–Crippen LogP) is -2.59. The molecule has 3 aromatic rings. The molecular formula is C33H45N9O9.